The third-order valence-corrected chi connectivity index (χ3v) is 4.87. The number of carbonyl (C=O) groups is 2. The molecule has 116 valence electrons. The molecule has 2 amide bonds. The van der Waals surface area contributed by atoms with E-state index >= 15 is 0 Å². The number of thioether (sulfide) groups is 1. The quantitative estimate of drug-likeness (QED) is 0.752. The Morgan fingerprint density at radius 1 is 1.27 bits per heavy atom. The zero-order valence-electron chi connectivity index (χ0n) is 11.8. The fourth-order valence-corrected chi connectivity index (χ4v) is 3.56. The first kappa shape index (κ1) is 15.7. The molecule has 1 aromatic rings. The predicted molar refractivity (Wildman–Crippen MR) is 89.2 cm³/mol. The number of hydrogen-bond acceptors (Lipinski definition) is 5. The van der Waals surface area contributed by atoms with E-state index in [4.69, 9.17) is 4.74 Å². The summed E-state index contributed by atoms with van der Waals surface area (Å²) in [5.74, 6) is -0.221. The minimum Gasteiger partial charge on any atom is -0.379 e. The van der Waals surface area contributed by atoms with Gasteiger partial charge in [-0.05, 0) is 35.5 Å². The lowest BCUT2D eigenvalue weighted by Crippen LogP contribution is -2.45. The highest BCUT2D eigenvalue weighted by Gasteiger charge is 2.36. The van der Waals surface area contributed by atoms with E-state index in [9.17, 15) is 9.59 Å². The molecule has 7 heteroatoms. The van der Waals surface area contributed by atoms with Gasteiger partial charge in [0.1, 0.15) is 0 Å². The maximum atomic E-state index is 12.4. The molecule has 22 heavy (non-hydrogen) atoms. The molecule has 2 fully saturated rings. The van der Waals surface area contributed by atoms with Gasteiger partial charge in [0.05, 0.1) is 24.8 Å². The highest BCUT2D eigenvalue weighted by Crippen LogP contribution is 2.32. The van der Waals surface area contributed by atoms with Gasteiger partial charge in [0.25, 0.3) is 11.1 Å². The number of amides is 2. The van der Waals surface area contributed by atoms with Crippen molar-refractivity contribution in [3.05, 3.63) is 39.2 Å². The molecule has 0 saturated carbocycles. The first-order valence-electron chi connectivity index (χ1n) is 6.94. The standard InChI is InChI=1S/C15H15BrN2O3S/c16-12-3-1-2-11(8-12)9-13-14(19)18(15(20)22-13)10-17-4-6-21-7-5-17/h1-3,8-9H,4-7,10H2. The number of hydrogen-bond donors (Lipinski definition) is 0. The summed E-state index contributed by atoms with van der Waals surface area (Å²) in [6, 6.07) is 7.63. The van der Waals surface area contributed by atoms with E-state index in [1.807, 2.05) is 24.3 Å². The van der Waals surface area contributed by atoms with Crippen LogP contribution >= 0.6 is 27.7 Å². The molecule has 0 aliphatic carbocycles. The molecule has 2 heterocycles. The van der Waals surface area contributed by atoms with E-state index in [1.54, 1.807) is 6.08 Å². The molecule has 0 aromatic heterocycles. The normalized spacial score (nSPS) is 21.9. The second-order valence-electron chi connectivity index (χ2n) is 5.04. The lowest BCUT2D eigenvalue weighted by Gasteiger charge is -2.29. The van der Waals surface area contributed by atoms with Crippen molar-refractivity contribution in [3.8, 4) is 0 Å². The summed E-state index contributed by atoms with van der Waals surface area (Å²) in [4.78, 5) is 28.3. The van der Waals surface area contributed by atoms with Crippen molar-refractivity contribution in [2.24, 2.45) is 0 Å². The lowest BCUT2D eigenvalue weighted by molar-refractivity contribution is -0.125. The Kier molecular flexibility index (Phi) is 4.97. The Morgan fingerprint density at radius 2 is 2.05 bits per heavy atom. The van der Waals surface area contributed by atoms with Crippen LogP contribution in [0.3, 0.4) is 0 Å². The Balaban J connectivity index is 1.73. The van der Waals surface area contributed by atoms with Crippen LogP contribution in [-0.4, -0.2) is 53.9 Å². The SMILES string of the molecule is O=C1SC(=Cc2cccc(Br)c2)C(=O)N1CN1CCOCC1. The number of rotatable bonds is 3. The van der Waals surface area contributed by atoms with Gasteiger partial charge in [0.2, 0.25) is 0 Å². The lowest BCUT2D eigenvalue weighted by atomic mass is 10.2. The van der Waals surface area contributed by atoms with Crippen molar-refractivity contribution in [2.45, 2.75) is 0 Å². The first-order valence-corrected chi connectivity index (χ1v) is 8.55. The maximum absolute atomic E-state index is 12.4. The van der Waals surface area contributed by atoms with E-state index in [0.29, 0.717) is 24.8 Å². The minimum atomic E-state index is -0.221. The predicted octanol–water partition coefficient (Wildman–Crippen LogP) is 2.78. The van der Waals surface area contributed by atoms with Gasteiger partial charge in [-0.15, -0.1) is 0 Å². The molecule has 3 rings (SSSR count). The summed E-state index contributed by atoms with van der Waals surface area (Å²) >= 11 is 4.40. The molecular weight excluding hydrogens is 368 g/mol. The van der Waals surface area contributed by atoms with Gasteiger partial charge in [-0.2, -0.15) is 0 Å². The molecule has 2 aliphatic rings. The van der Waals surface area contributed by atoms with Crippen molar-refractivity contribution in [2.75, 3.05) is 33.0 Å². The van der Waals surface area contributed by atoms with Crippen LogP contribution in [0, 0.1) is 0 Å². The van der Waals surface area contributed by atoms with Crippen LogP contribution in [-0.2, 0) is 9.53 Å². The van der Waals surface area contributed by atoms with E-state index in [2.05, 4.69) is 20.8 Å². The number of ether oxygens (including phenoxy) is 1. The Labute approximate surface area is 141 Å². The first-order chi connectivity index (χ1) is 10.6. The topological polar surface area (TPSA) is 49.9 Å². The maximum Gasteiger partial charge on any atom is 0.294 e. The van der Waals surface area contributed by atoms with E-state index in [0.717, 1.165) is 34.9 Å². The smallest absolute Gasteiger partial charge is 0.294 e. The molecule has 0 radical (unpaired) electrons. The zero-order chi connectivity index (χ0) is 15.5. The second-order valence-corrected chi connectivity index (χ2v) is 6.95. The second kappa shape index (κ2) is 6.95. The van der Waals surface area contributed by atoms with Crippen LogP contribution in [0.1, 0.15) is 5.56 Å². The molecule has 2 aliphatic heterocycles. The van der Waals surface area contributed by atoms with Crippen LogP contribution < -0.4 is 0 Å². The summed E-state index contributed by atoms with van der Waals surface area (Å²) in [5, 5.41) is -0.210. The zero-order valence-corrected chi connectivity index (χ0v) is 14.2. The van der Waals surface area contributed by atoms with Gasteiger partial charge in [0, 0.05) is 17.6 Å². The van der Waals surface area contributed by atoms with Gasteiger partial charge in [-0.25, -0.2) is 0 Å². The number of nitrogens with zero attached hydrogens (tertiary/aromatic N) is 2. The Morgan fingerprint density at radius 3 is 2.77 bits per heavy atom. The third-order valence-electron chi connectivity index (χ3n) is 3.47. The van der Waals surface area contributed by atoms with Crippen molar-refractivity contribution in [1.82, 2.24) is 9.80 Å². The molecule has 5 nitrogen and oxygen atoms in total. The molecule has 0 bridgehead atoms. The number of imide groups is 1. The molecule has 0 atom stereocenters. The fourth-order valence-electron chi connectivity index (χ4n) is 2.31. The highest BCUT2D eigenvalue weighted by molar-refractivity contribution is 9.10. The number of morpholine rings is 1. The monoisotopic (exact) mass is 382 g/mol. The summed E-state index contributed by atoms with van der Waals surface area (Å²) in [6.07, 6.45) is 1.76. The third kappa shape index (κ3) is 3.60. The summed E-state index contributed by atoms with van der Waals surface area (Å²) in [5.41, 5.74) is 0.895. The van der Waals surface area contributed by atoms with Crippen LogP contribution in [0.15, 0.2) is 33.6 Å². The van der Waals surface area contributed by atoms with Gasteiger partial charge in [-0.1, -0.05) is 28.1 Å². The molecular formula is C15H15BrN2O3S. The fraction of sp³-hybridized carbons (Fsp3) is 0.333. The molecule has 1 aromatic carbocycles. The summed E-state index contributed by atoms with van der Waals surface area (Å²) in [7, 11) is 0. The molecule has 0 unspecified atom stereocenters. The van der Waals surface area contributed by atoms with Gasteiger partial charge in [-0.3, -0.25) is 19.4 Å². The van der Waals surface area contributed by atoms with Crippen molar-refractivity contribution in [1.29, 1.82) is 0 Å². The Bertz CT molecular complexity index is 629. The average molecular weight is 383 g/mol. The van der Waals surface area contributed by atoms with E-state index < -0.39 is 0 Å². The summed E-state index contributed by atoms with van der Waals surface area (Å²) in [6.45, 7) is 3.11. The van der Waals surface area contributed by atoms with Crippen LogP contribution in [0.5, 0.6) is 0 Å². The molecule has 0 N–H and O–H groups in total. The number of benzene rings is 1. The number of carbonyl (C=O) groups excluding carboxylic acids is 2. The van der Waals surface area contributed by atoms with Gasteiger partial charge >= 0.3 is 0 Å². The highest BCUT2D eigenvalue weighted by atomic mass is 79.9. The van der Waals surface area contributed by atoms with Crippen molar-refractivity contribution < 1.29 is 14.3 Å². The van der Waals surface area contributed by atoms with Crippen LogP contribution in [0.2, 0.25) is 0 Å². The summed E-state index contributed by atoms with van der Waals surface area (Å²) < 4.78 is 6.22. The Hall–Kier alpha value is -1.15. The molecule has 2 saturated heterocycles. The van der Waals surface area contributed by atoms with Crippen LogP contribution in [0.4, 0.5) is 4.79 Å². The largest absolute Gasteiger partial charge is 0.379 e. The molecule has 0 spiro atoms. The van der Waals surface area contributed by atoms with E-state index in [1.165, 1.54) is 4.90 Å². The van der Waals surface area contributed by atoms with Gasteiger partial charge in [0.15, 0.2) is 0 Å². The average Bonchev–Trinajstić information content (AvgIpc) is 2.76. The van der Waals surface area contributed by atoms with Crippen LogP contribution in [0.25, 0.3) is 6.08 Å². The van der Waals surface area contributed by atoms with Crippen molar-refractivity contribution >= 4 is 44.9 Å². The minimum absolute atomic E-state index is 0.210. The van der Waals surface area contributed by atoms with Crippen molar-refractivity contribution in [3.63, 3.8) is 0 Å². The van der Waals surface area contributed by atoms with Gasteiger partial charge < -0.3 is 4.74 Å². The number of halogens is 1. The van der Waals surface area contributed by atoms with E-state index in [-0.39, 0.29) is 11.1 Å².